The zero-order valence-electron chi connectivity index (χ0n) is 7.48. The molecule has 2 heterocycles. The van der Waals surface area contributed by atoms with E-state index < -0.39 is 0 Å². The predicted octanol–water partition coefficient (Wildman–Crippen LogP) is 2.36. The van der Waals surface area contributed by atoms with Gasteiger partial charge in [0.25, 0.3) is 0 Å². The van der Waals surface area contributed by atoms with Gasteiger partial charge in [0.15, 0.2) is 5.17 Å². The van der Waals surface area contributed by atoms with Crippen molar-refractivity contribution in [3.63, 3.8) is 0 Å². The lowest BCUT2D eigenvalue weighted by Crippen LogP contribution is -2.08. The molecular formula is C9H10BrN3S. The Kier molecular flexibility index (Phi) is 3.42. The monoisotopic (exact) mass is 271 g/mol. The lowest BCUT2D eigenvalue weighted by atomic mass is 10.5. The van der Waals surface area contributed by atoms with Crippen molar-refractivity contribution in [2.45, 2.75) is 5.25 Å². The van der Waals surface area contributed by atoms with Crippen LogP contribution in [0.3, 0.4) is 0 Å². The van der Waals surface area contributed by atoms with E-state index in [1.807, 2.05) is 18.2 Å². The lowest BCUT2D eigenvalue weighted by molar-refractivity contribution is 0.993. The van der Waals surface area contributed by atoms with Crippen molar-refractivity contribution in [3.05, 3.63) is 24.4 Å². The van der Waals surface area contributed by atoms with E-state index in [2.05, 4.69) is 31.2 Å². The molecule has 74 valence electrons. The molecule has 1 aromatic rings. The van der Waals surface area contributed by atoms with Gasteiger partial charge in [-0.05, 0) is 12.1 Å². The minimum atomic E-state index is 0.557. The number of pyridine rings is 1. The Hall–Kier alpha value is -0.550. The zero-order valence-corrected chi connectivity index (χ0v) is 9.88. The summed E-state index contributed by atoms with van der Waals surface area (Å²) in [6, 6.07) is 5.79. The van der Waals surface area contributed by atoms with Crippen molar-refractivity contribution in [1.29, 1.82) is 0 Å². The Bertz CT molecular complexity index is 328. The normalized spacial score (nSPS) is 20.6. The number of aliphatic imine (C=N–C) groups is 1. The fourth-order valence-electron chi connectivity index (χ4n) is 1.11. The molecule has 0 bridgehead atoms. The summed E-state index contributed by atoms with van der Waals surface area (Å²) in [7, 11) is 0. The van der Waals surface area contributed by atoms with Gasteiger partial charge < -0.3 is 5.32 Å². The standard InChI is InChI=1S/C9H10BrN3S/c10-5-7-6-12-9(14-7)13-8-3-1-2-4-11-8/h1-4,7H,5-6H2,(H,11,12,13). The van der Waals surface area contributed by atoms with Crippen LogP contribution < -0.4 is 5.32 Å². The first-order chi connectivity index (χ1) is 6.88. The largest absolute Gasteiger partial charge is 0.320 e. The zero-order chi connectivity index (χ0) is 9.80. The second-order valence-electron chi connectivity index (χ2n) is 2.88. The van der Waals surface area contributed by atoms with Gasteiger partial charge >= 0.3 is 0 Å². The molecule has 2 rings (SSSR count). The van der Waals surface area contributed by atoms with Crippen LogP contribution in [0.2, 0.25) is 0 Å². The molecule has 0 amide bonds. The third-order valence-electron chi connectivity index (χ3n) is 1.79. The number of alkyl halides is 1. The van der Waals surface area contributed by atoms with Gasteiger partial charge in [-0.3, -0.25) is 4.99 Å². The highest BCUT2D eigenvalue weighted by atomic mass is 79.9. The maximum atomic E-state index is 4.38. The molecule has 1 aliphatic heterocycles. The van der Waals surface area contributed by atoms with Gasteiger partial charge in [-0.25, -0.2) is 4.98 Å². The SMILES string of the molecule is BrCC1CN=C(Nc2ccccn2)S1. The molecule has 1 aliphatic rings. The van der Waals surface area contributed by atoms with Crippen molar-refractivity contribution in [3.8, 4) is 0 Å². The number of halogens is 1. The summed E-state index contributed by atoms with van der Waals surface area (Å²) < 4.78 is 0. The lowest BCUT2D eigenvalue weighted by Gasteiger charge is -2.04. The third-order valence-corrected chi connectivity index (χ3v) is 4.10. The summed E-state index contributed by atoms with van der Waals surface area (Å²) in [5.74, 6) is 0.856. The van der Waals surface area contributed by atoms with Crippen LogP contribution in [0.4, 0.5) is 5.82 Å². The summed E-state index contributed by atoms with van der Waals surface area (Å²) in [4.78, 5) is 8.56. The highest BCUT2D eigenvalue weighted by Gasteiger charge is 2.18. The van der Waals surface area contributed by atoms with Crippen LogP contribution >= 0.6 is 27.7 Å². The van der Waals surface area contributed by atoms with Crippen LogP contribution in [0, 0.1) is 0 Å². The number of thioether (sulfide) groups is 1. The first-order valence-electron chi connectivity index (χ1n) is 4.33. The van der Waals surface area contributed by atoms with E-state index in [0.717, 1.165) is 22.9 Å². The van der Waals surface area contributed by atoms with Gasteiger partial charge in [-0.2, -0.15) is 0 Å². The van der Waals surface area contributed by atoms with Gasteiger partial charge in [0.05, 0.1) is 6.54 Å². The van der Waals surface area contributed by atoms with Crippen molar-refractivity contribution in [1.82, 2.24) is 4.98 Å². The number of hydrogen-bond acceptors (Lipinski definition) is 4. The number of nitrogens with zero attached hydrogens (tertiary/aromatic N) is 2. The molecule has 1 aromatic heterocycles. The van der Waals surface area contributed by atoms with E-state index in [0.29, 0.717) is 5.25 Å². The Morgan fingerprint density at radius 1 is 1.57 bits per heavy atom. The van der Waals surface area contributed by atoms with E-state index in [4.69, 9.17) is 0 Å². The molecule has 0 saturated carbocycles. The van der Waals surface area contributed by atoms with Gasteiger partial charge in [0.1, 0.15) is 5.82 Å². The van der Waals surface area contributed by atoms with Crippen molar-refractivity contribution >= 4 is 38.7 Å². The van der Waals surface area contributed by atoms with Crippen LogP contribution in [0.5, 0.6) is 0 Å². The van der Waals surface area contributed by atoms with Crippen molar-refractivity contribution in [2.75, 3.05) is 17.2 Å². The Morgan fingerprint density at radius 3 is 3.14 bits per heavy atom. The van der Waals surface area contributed by atoms with Crippen molar-refractivity contribution < 1.29 is 0 Å². The van der Waals surface area contributed by atoms with E-state index >= 15 is 0 Å². The topological polar surface area (TPSA) is 37.3 Å². The minimum Gasteiger partial charge on any atom is -0.320 e. The van der Waals surface area contributed by atoms with E-state index in [1.165, 1.54) is 0 Å². The predicted molar refractivity (Wildman–Crippen MR) is 65.3 cm³/mol. The van der Waals surface area contributed by atoms with E-state index in [9.17, 15) is 0 Å². The fraction of sp³-hybridized carbons (Fsp3) is 0.333. The van der Waals surface area contributed by atoms with Crippen LogP contribution in [-0.4, -0.2) is 27.3 Å². The number of amidine groups is 1. The van der Waals surface area contributed by atoms with Crippen LogP contribution in [0.1, 0.15) is 0 Å². The van der Waals surface area contributed by atoms with Gasteiger partial charge in [0, 0.05) is 16.8 Å². The number of aromatic nitrogens is 1. The number of nitrogens with one attached hydrogen (secondary N) is 1. The molecule has 0 aromatic carbocycles. The molecule has 0 radical (unpaired) electrons. The Labute approximate surface area is 95.5 Å². The Morgan fingerprint density at radius 2 is 2.50 bits per heavy atom. The minimum absolute atomic E-state index is 0.557. The van der Waals surface area contributed by atoms with Gasteiger partial charge in [0.2, 0.25) is 0 Å². The average molecular weight is 272 g/mol. The smallest absolute Gasteiger partial charge is 0.162 e. The van der Waals surface area contributed by atoms with Gasteiger partial charge in [-0.15, -0.1) is 0 Å². The summed E-state index contributed by atoms with van der Waals surface area (Å²) in [5, 5.41) is 5.69. The summed E-state index contributed by atoms with van der Waals surface area (Å²) >= 11 is 5.21. The summed E-state index contributed by atoms with van der Waals surface area (Å²) in [6.45, 7) is 0.880. The number of rotatable bonds is 2. The Balaban J connectivity index is 1.94. The highest BCUT2D eigenvalue weighted by molar-refractivity contribution is 9.09. The maximum Gasteiger partial charge on any atom is 0.162 e. The quantitative estimate of drug-likeness (QED) is 0.840. The number of anilines is 1. The molecule has 14 heavy (non-hydrogen) atoms. The van der Waals surface area contributed by atoms with E-state index in [-0.39, 0.29) is 0 Å². The second kappa shape index (κ2) is 4.79. The molecule has 1 unspecified atom stereocenters. The van der Waals surface area contributed by atoms with Crippen LogP contribution in [-0.2, 0) is 0 Å². The fourth-order valence-corrected chi connectivity index (χ4v) is 2.55. The van der Waals surface area contributed by atoms with Crippen LogP contribution in [0.25, 0.3) is 0 Å². The molecule has 3 nitrogen and oxygen atoms in total. The summed E-state index contributed by atoms with van der Waals surface area (Å²) in [5.41, 5.74) is 0. The highest BCUT2D eigenvalue weighted by Crippen LogP contribution is 2.23. The maximum absolute atomic E-state index is 4.38. The molecule has 1 N–H and O–H groups in total. The second-order valence-corrected chi connectivity index (χ2v) is 4.82. The van der Waals surface area contributed by atoms with Gasteiger partial charge in [-0.1, -0.05) is 33.8 Å². The number of hydrogen-bond donors (Lipinski definition) is 1. The third kappa shape index (κ3) is 2.48. The first kappa shape index (κ1) is 9.98. The van der Waals surface area contributed by atoms with Crippen molar-refractivity contribution in [2.24, 2.45) is 4.99 Å². The van der Waals surface area contributed by atoms with E-state index in [1.54, 1.807) is 18.0 Å². The molecule has 0 saturated heterocycles. The van der Waals surface area contributed by atoms with Crippen LogP contribution in [0.15, 0.2) is 29.4 Å². The molecule has 0 fully saturated rings. The molecule has 0 aliphatic carbocycles. The summed E-state index contributed by atoms with van der Waals surface area (Å²) in [6.07, 6.45) is 1.77. The molecule has 5 heteroatoms. The molecule has 0 spiro atoms. The molecular weight excluding hydrogens is 262 g/mol. The molecule has 1 atom stereocenters. The first-order valence-corrected chi connectivity index (χ1v) is 6.34. The average Bonchev–Trinajstić information content (AvgIpc) is 2.67.